The molecule has 0 saturated carbocycles. The van der Waals surface area contributed by atoms with Crippen LogP contribution in [0.15, 0.2) is 60.7 Å². The largest absolute Gasteiger partial charge is 0.480 e. The minimum Gasteiger partial charge on any atom is -0.480 e. The highest BCUT2D eigenvalue weighted by Gasteiger charge is 2.36. The lowest BCUT2D eigenvalue weighted by Gasteiger charge is -2.39. The Morgan fingerprint density at radius 1 is 1.07 bits per heavy atom. The van der Waals surface area contributed by atoms with Crippen LogP contribution in [0.25, 0.3) is 10.9 Å². The second kappa shape index (κ2) is 7.49. The number of pyridine rings is 1. The Hall–Kier alpha value is -2.72. The van der Waals surface area contributed by atoms with Crippen molar-refractivity contribution in [2.75, 3.05) is 6.54 Å². The van der Waals surface area contributed by atoms with Gasteiger partial charge < -0.3 is 5.11 Å². The molecule has 1 N–H and O–H groups in total. The van der Waals surface area contributed by atoms with Gasteiger partial charge in [0, 0.05) is 5.39 Å². The molecule has 27 heavy (non-hydrogen) atoms. The fourth-order valence-corrected chi connectivity index (χ4v) is 4.16. The average molecular weight is 360 g/mol. The van der Waals surface area contributed by atoms with Crippen LogP contribution >= 0.6 is 0 Å². The maximum atomic E-state index is 12.0. The molecule has 2 atom stereocenters. The minimum absolute atomic E-state index is 0.155. The van der Waals surface area contributed by atoms with Gasteiger partial charge in [-0.3, -0.25) is 14.7 Å². The van der Waals surface area contributed by atoms with Crippen LogP contribution in [0, 0.1) is 6.92 Å². The van der Waals surface area contributed by atoms with Crippen LogP contribution in [0.2, 0.25) is 0 Å². The number of carboxylic acid groups (broad SMARTS) is 1. The predicted molar refractivity (Wildman–Crippen MR) is 107 cm³/mol. The van der Waals surface area contributed by atoms with E-state index in [0.29, 0.717) is 6.42 Å². The fourth-order valence-electron chi connectivity index (χ4n) is 4.16. The molecular weight excluding hydrogens is 336 g/mol. The molecule has 1 fully saturated rings. The van der Waals surface area contributed by atoms with E-state index >= 15 is 0 Å². The van der Waals surface area contributed by atoms with Crippen molar-refractivity contribution in [2.45, 2.75) is 38.3 Å². The van der Waals surface area contributed by atoms with Crippen molar-refractivity contribution in [3.05, 3.63) is 77.5 Å². The summed E-state index contributed by atoms with van der Waals surface area (Å²) in [6.07, 6.45) is 2.66. The second-order valence-corrected chi connectivity index (χ2v) is 7.28. The number of aryl methyl sites for hydroxylation is 1. The van der Waals surface area contributed by atoms with Crippen molar-refractivity contribution in [2.24, 2.45) is 0 Å². The molecule has 1 saturated heterocycles. The van der Waals surface area contributed by atoms with E-state index in [1.165, 1.54) is 0 Å². The summed E-state index contributed by atoms with van der Waals surface area (Å²) >= 11 is 0. The maximum Gasteiger partial charge on any atom is 0.320 e. The number of aliphatic carboxylic acids is 1. The standard InChI is InChI=1S/C23H24N2O2/c1-16-8-2-4-10-18(16)22(25-15-7-6-12-21(25)23(26)27)20-14-13-17-9-3-5-11-19(17)24-20/h2-5,8-11,13-14,21-22H,6-7,12,15H2,1H3,(H,26,27). The lowest BCUT2D eigenvalue weighted by molar-refractivity contribution is -0.145. The molecule has 138 valence electrons. The van der Waals surface area contributed by atoms with Gasteiger partial charge in [0.1, 0.15) is 6.04 Å². The van der Waals surface area contributed by atoms with E-state index < -0.39 is 12.0 Å². The van der Waals surface area contributed by atoms with Crippen molar-refractivity contribution in [3.8, 4) is 0 Å². The van der Waals surface area contributed by atoms with Crippen LogP contribution in [0.5, 0.6) is 0 Å². The van der Waals surface area contributed by atoms with E-state index in [-0.39, 0.29) is 6.04 Å². The third-order valence-electron chi connectivity index (χ3n) is 5.54. The molecule has 4 rings (SSSR count). The number of para-hydroxylation sites is 1. The van der Waals surface area contributed by atoms with Gasteiger partial charge in [0.25, 0.3) is 0 Å². The summed E-state index contributed by atoms with van der Waals surface area (Å²) in [4.78, 5) is 19.0. The highest BCUT2D eigenvalue weighted by atomic mass is 16.4. The first-order valence-electron chi connectivity index (χ1n) is 9.55. The lowest BCUT2D eigenvalue weighted by atomic mass is 9.91. The molecule has 2 unspecified atom stereocenters. The number of carboxylic acids is 1. The Bertz CT molecular complexity index is 969. The van der Waals surface area contributed by atoms with E-state index in [0.717, 1.165) is 47.1 Å². The number of benzene rings is 2. The molecule has 0 aliphatic carbocycles. The Kier molecular flexibility index (Phi) is 4.90. The molecule has 0 spiro atoms. The molecule has 0 radical (unpaired) electrons. The summed E-state index contributed by atoms with van der Waals surface area (Å²) in [6, 6.07) is 19.8. The monoisotopic (exact) mass is 360 g/mol. The summed E-state index contributed by atoms with van der Waals surface area (Å²) in [5.41, 5.74) is 4.15. The van der Waals surface area contributed by atoms with E-state index in [9.17, 15) is 9.90 Å². The van der Waals surface area contributed by atoms with Gasteiger partial charge in [0.05, 0.1) is 17.3 Å². The van der Waals surface area contributed by atoms with Gasteiger partial charge in [-0.25, -0.2) is 0 Å². The molecule has 4 heteroatoms. The van der Waals surface area contributed by atoms with E-state index in [1.54, 1.807) is 0 Å². The number of aromatic nitrogens is 1. The van der Waals surface area contributed by atoms with Crippen LogP contribution in [0.1, 0.15) is 42.1 Å². The number of fused-ring (bicyclic) bond motifs is 1. The first-order chi connectivity index (χ1) is 13.1. The molecule has 2 heterocycles. The molecule has 1 aliphatic rings. The first-order valence-corrected chi connectivity index (χ1v) is 9.55. The van der Waals surface area contributed by atoms with Crippen molar-refractivity contribution >= 4 is 16.9 Å². The maximum absolute atomic E-state index is 12.0. The number of hydrogen-bond donors (Lipinski definition) is 1. The lowest BCUT2D eigenvalue weighted by Crippen LogP contribution is -2.47. The molecule has 0 bridgehead atoms. The summed E-state index contributed by atoms with van der Waals surface area (Å²) in [5, 5.41) is 10.9. The van der Waals surface area contributed by atoms with Crippen molar-refractivity contribution in [3.63, 3.8) is 0 Å². The summed E-state index contributed by atoms with van der Waals surface area (Å²) < 4.78 is 0. The highest BCUT2D eigenvalue weighted by molar-refractivity contribution is 5.78. The average Bonchev–Trinajstić information content (AvgIpc) is 2.70. The van der Waals surface area contributed by atoms with Crippen LogP contribution < -0.4 is 0 Å². The molecule has 3 aromatic rings. The van der Waals surface area contributed by atoms with Gasteiger partial charge in [-0.05, 0) is 49.6 Å². The van der Waals surface area contributed by atoms with Gasteiger partial charge in [0.2, 0.25) is 0 Å². The fraction of sp³-hybridized carbons (Fsp3) is 0.304. The molecule has 0 amide bonds. The zero-order chi connectivity index (χ0) is 18.8. The van der Waals surface area contributed by atoms with E-state index in [2.05, 4.69) is 36.1 Å². The normalized spacial score (nSPS) is 19.1. The number of nitrogens with zero attached hydrogens (tertiary/aromatic N) is 2. The van der Waals surface area contributed by atoms with E-state index in [4.69, 9.17) is 4.98 Å². The SMILES string of the molecule is Cc1ccccc1C(c1ccc2ccccc2n1)N1CCCCC1C(=O)O. The number of piperidine rings is 1. The first kappa shape index (κ1) is 17.7. The van der Waals surface area contributed by atoms with Crippen molar-refractivity contribution in [1.82, 2.24) is 9.88 Å². The van der Waals surface area contributed by atoms with Crippen LogP contribution in [0.4, 0.5) is 0 Å². The smallest absolute Gasteiger partial charge is 0.320 e. The van der Waals surface area contributed by atoms with E-state index in [1.807, 2.05) is 36.4 Å². The Morgan fingerprint density at radius 2 is 1.85 bits per heavy atom. The van der Waals surface area contributed by atoms with Gasteiger partial charge in [0.15, 0.2) is 0 Å². The summed E-state index contributed by atoms with van der Waals surface area (Å²) in [5.74, 6) is -0.742. The molecule has 1 aromatic heterocycles. The number of hydrogen-bond acceptors (Lipinski definition) is 3. The number of carbonyl (C=O) groups is 1. The summed E-state index contributed by atoms with van der Waals surface area (Å²) in [6.45, 7) is 2.85. The molecular formula is C23H24N2O2. The minimum atomic E-state index is -0.742. The number of rotatable bonds is 4. The Balaban J connectivity index is 1.87. The zero-order valence-corrected chi connectivity index (χ0v) is 15.5. The quantitative estimate of drug-likeness (QED) is 0.740. The summed E-state index contributed by atoms with van der Waals surface area (Å²) in [7, 11) is 0. The topological polar surface area (TPSA) is 53.4 Å². The van der Waals surface area contributed by atoms with Crippen LogP contribution in [0.3, 0.4) is 0 Å². The van der Waals surface area contributed by atoms with Gasteiger partial charge >= 0.3 is 5.97 Å². The van der Waals surface area contributed by atoms with Crippen LogP contribution in [-0.4, -0.2) is 33.5 Å². The molecule has 4 nitrogen and oxygen atoms in total. The van der Waals surface area contributed by atoms with Crippen LogP contribution in [-0.2, 0) is 4.79 Å². The number of likely N-dealkylation sites (tertiary alicyclic amines) is 1. The third-order valence-corrected chi connectivity index (χ3v) is 5.54. The van der Waals surface area contributed by atoms with Crippen molar-refractivity contribution < 1.29 is 9.90 Å². The molecule has 2 aromatic carbocycles. The Morgan fingerprint density at radius 3 is 2.67 bits per heavy atom. The molecule has 1 aliphatic heterocycles. The van der Waals surface area contributed by atoms with Crippen molar-refractivity contribution in [1.29, 1.82) is 0 Å². The predicted octanol–water partition coefficient (Wildman–Crippen LogP) is 4.57. The highest BCUT2D eigenvalue weighted by Crippen LogP contribution is 2.35. The second-order valence-electron chi connectivity index (χ2n) is 7.28. The van der Waals surface area contributed by atoms with Gasteiger partial charge in [-0.2, -0.15) is 0 Å². The van der Waals surface area contributed by atoms with Gasteiger partial charge in [-0.15, -0.1) is 0 Å². The third kappa shape index (κ3) is 3.45. The van der Waals surface area contributed by atoms with Gasteiger partial charge in [-0.1, -0.05) is 55.0 Å². The Labute approximate surface area is 159 Å². The zero-order valence-electron chi connectivity index (χ0n) is 15.5.